The van der Waals surface area contributed by atoms with Crippen LogP contribution in [-0.4, -0.2) is 47.8 Å². The van der Waals surface area contributed by atoms with Crippen LogP contribution in [-0.2, 0) is 4.74 Å². The molecule has 2 aromatic heterocycles. The Morgan fingerprint density at radius 1 is 1.16 bits per heavy atom. The van der Waals surface area contributed by atoms with Crippen LogP contribution in [0.4, 0.5) is 0 Å². The number of nitrogens with one attached hydrogen (secondary N) is 1. The number of ether oxygens (including phenoxy) is 2. The summed E-state index contributed by atoms with van der Waals surface area (Å²) in [6, 6.07) is 15.4. The molecule has 8 heteroatoms. The van der Waals surface area contributed by atoms with E-state index in [1.54, 1.807) is 14.2 Å². The summed E-state index contributed by atoms with van der Waals surface area (Å²) in [5.41, 5.74) is 3.50. The van der Waals surface area contributed by atoms with Crippen molar-refractivity contribution in [1.82, 2.24) is 14.8 Å². The van der Waals surface area contributed by atoms with Gasteiger partial charge in [0.15, 0.2) is 0 Å². The minimum atomic E-state index is -0.169. The summed E-state index contributed by atoms with van der Waals surface area (Å²) in [6.45, 7) is 3.09. The number of H-pyrrole nitrogens is 1. The van der Waals surface area contributed by atoms with Gasteiger partial charge in [-0.1, -0.05) is 23.5 Å². The van der Waals surface area contributed by atoms with Crippen molar-refractivity contribution in [3.8, 4) is 22.1 Å². The second kappa shape index (κ2) is 9.28. The molecule has 0 amide bonds. The third-order valence-corrected chi connectivity index (χ3v) is 5.98. The quantitative estimate of drug-likeness (QED) is 0.330. The number of nitrogens with zero attached hydrogens (tertiary/aromatic N) is 3. The maximum absolute atomic E-state index is 13.5. The SMILES string of the molecule is COCCCN=C(C)c1c(-c2ccc(OC)cc2)[nH]n(-c2nc3ccccc3s2)c1=O. The molecule has 0 aliphatic heterocycles. The zero-order chi connectivity index (χ0) is 21.8. The highest BCUT2D eigenvalue weighted by molar-refractivity contribution is 7.20. The molecule has 4 rings (SSSR count). The molecule has 2 heterocycles. The normalized spacial score (nSPS) is 11.9. The first-order valence-electron chi connectivity index (χ1n) is 9.98. The van der Waals surface area contributed by atoms with E-state index < -0.39 is 0 Å². The number of hydrogen-bond acceptors (Lipinski definition) is 6. The van der Waals surface area contributed by atoms with Crippen molar-refractivity contribution in [3.05, 3.63) is 64.4 Å². The first-order chi connectivity index (χ1) is 15.1. The average Bonchev–Trinajstić information content (AvgIpc) is 3.37. The Labute approximate surface area is 184 Å². The second-order valence-corrected chi connectivity index (χ2v) is 8.02. The average molecular weight is 437 g/mol. The topological polar surface area (TPSA) is 81.5 Å². The molecule has 0 fully saturated rings. The molecule has 1 N–H and O–H groups in total. The molecule has 0 saturated heterocycles. The summed E-state index contributed by atoms with van der Waals surface area (Å²) >= 11 is 1.47. The standard InChI is InChI=1S/C23H24N4O3S/c1-15(24-13-6-14-29-2)20-21(16-9-11-17(30-3)12-10-16)26-27(22(20)28)23-25-18-7-4-5-8-19(18)31-23/h4-5,7-12,26H,6,13-14H2,1-3H3. The smallest absolute Gasteiger partial charge is 0.283 e. The molecule has 0 radical (unpaired) electrons. The van der Waals surface area contributed by atoms with Crippen molar-refractivity contribution in [2.75, 3.05) is 27.4 Å². The third-order valence-electron chi connectivity index (χ3n) is 4.96. The van der Waals surface area contributed by atoms with Gasteiger partial charge in [0, 0.05) is 31.5 Å². The van der Waals surface area contributed by atoms with Gasteiger partial charge in [-0.15, -0.1) is 0 Å². The fourth-order valence-electron chi connectivity index (χ4n) is 3.36. The van der Waals surface area contributed by atoms with Gasteiger partial charge in [-0.05, 0) is 49.7 Å². The molecule has 31 heavy (non-hydrogen) atoms. The number of benzene rings is 2. The minimum absolute atomic E-state index is 0.169. The molecular weight excluding hydrogens is 412 g/mol. The van der Waals surface area contributed by atoms with Crippen molar-refractivity contribution < 1.29 is 9.47 Å². The molecule has 0 atom stereocenters. The van der Waals surface area contributed by atoms with Crippen molar-refractivity contribution in [2.45, 2.75) is 13.3 Å². The van der Waals surface area contributed by atoms with Crippen molar-refractivity contribution in [1.29, 1.82) is 0 Å². The second-order valence-electron chi connectivity index (χ2n) is 7.01. The maximum atomic E-state index is 13.5. The Bertz CT molecular complexity index is 1240. The monoisotopic (exact) mass is 436 g/mol. The van der Waals surface area contributed by atoms with Crippen molar-refractivity contribution in [2.24, 2.45) is 4.99 Å². The molecule has 0 bridgehead atoms. The van der Waals surface area contributed by atoms with Crippen LogP contribution in [0.5, 0.6) is 5.75 Å². The Hall–Kier alpha value is -3.23. The van der Waals surface area contributed by atoms with Gasteiger partial charge >= 0.3 is 0 Å². The van der Waals surface area contributed by atoms with Crippen molar-refractivity contribution in [3.63, 3.8) is 0 Å². The lowest BCUT2D eigenvalue weighted by Crippen LogP contribution is -2.19. The van der Waals surface area contributed by atoms with Gasteiger partial charge in [0.1, 0.15) is 5.75 Å². The maximum Gasteiger partial charge on any atom is 0.283 e. The van der Waals surface area contributed by atoms with Crippen LogP contribution in [0.15, 0.2) is 58.3 Å². The molecule has 0 unspecified atom stereocenters. The molecular formula is C23H24N4O3S. The van der Waals surface area contributed by atoms with E-state index in [9.17, 15) is 4.79 Å². The van der Waals surface area contributed by atoms with E-state index in [2.05, 4.69) is 15.1 Å². The van der Waals surface area contributed by atoms with E-state index in [1.807, 2.05) is 55.5 Å². The molecule has 4 aromatic rings. The zero-order valence-corrected chi connectivity index (χ0v) is 18.5. The summed E-state index contributed by atoms with van der Waals surface area (Å²) in [6.07, 6.45) is 0.794. The van der Waals surface area contributed by atoms with Gasteiger partial charge in [0.2, 0.25) is 5.13 Å². The highest BCUT2D eigenvalue weighted by Crippen LogP contribution is 2.27. The molecule has 0 saturated carbocycles. The van der Waals surface area contributed by atoms with Crippen LogP contribution in [0.1, 0.15) is 18.9 Å². The minimum Gasteiger partial charge on any atom is -0.497 e. The van der Waals surface area contributed by atoms with Crippen LogP contribution < -0.4 is 10.3 Å². The van der Waals surface area contributed by atoms with E-state index in [0.29, 0.717) is 35.3 Å². The van der Waals surface area contributed by atoms with Gasteiger partial charge in [-0.3, -0.25) is 14.9 Å². The van der Waals surface area contributed by atoms with Crippen LogP contribution in [0, 0.1) is 0 Å². The first kappa shape index (κ1) is 21.0. The number of rotatable bonds is 8. The summed E-state index contributed by atoms with van der Waals surface area (Å²) in [7, 11) is 3.30. The van der Waals surface area contributed by atoms with Gasteiger partial charge < -0.3 is 9.47 Å². The zero-order valence-electron chi connectivity index (χ0n) is 17.7. The van der Waals surface area contributed by atoms with E-state index in [1.165, 1.54) is 16.0 Å². The van der Waals surface area contributed by atoms with Gasteiger partial charge in [-0.25, -0.2) is 4.98 Å². The predicted octanol–water partition coefficient (Wildman–Crippen LogP) is 4.30. The highest BCUT2D eigenvalue weighted by atomic mass is 32.1. The largest absolute Gasteiger partial charge is 0.497 e. The fourth-order valence-corrected chi connectivity index (χ4v) is 4.29. The Morgan fingerprint density at radius 2 is 1.94 bits per heavy atom. The Balaban J connectivity index is 1.83. The van der Waals surface area contributed by atoms with E-state index in [-0.39, 0.29) is 5.56 Å². The van der Waals surface area contributed by atoms with Gasteiger partial charge in [0.25, 0.3) is 5.56 Å². The van der Waals surface area contributed by atoms with Gasteiger partial charge in [-0.2, -0.15) is 4.68 Å². The predicted molar refractivity (Wildman–Crippen MR) is 125 cm³/mol. The number of thiazole rings is 1. The number of methoxy groups -OCH3 is 2. The number of aromatic nitrogens is 3. The fraction of sp³-hybridized carbons (Fsp3) is 0.261. The van der Waals surface area contributed by atoms with Crippen LogP contribution in [0.3, 0.4) is 0 Å². The van der Waals surface area contributed by atoms with E-state index in [0.717, 1.165) is 28.0 Å². The molecule has 7 nitrogen and oxygen atoms in total. The summed E-state index contributed by atoms with van der Waals surface area (Å²) in [4.78, 5) is 22.7. The molecule has 2 aromatic carbocycles. The van der Waals surface area contributed by atoms with Crippen LogP contribution in [0.2, 0.25) is 0 Å². The molecule has 0 aliphatic carbocycles. The summed E-state index contributed by atoms with van der Waals surface area (Å²) < 4.78 is 12.9. The summed E-state index contributed by atoms with van der Waals surface area (Å²) in [5.74, 6) is 0.753. The lowest BCUT2D eigenvalue weighted by atomic mass is 10.1. The molecule has 0 spiro atoms. The Kier molecular flexibility index (Phi) is 6.29. The molecule has 0 aliphatic rings. The lowest BCUT2D eigenvalue weighted by Gasteiger charge is -2.05. The van der Waals surface area contributed by atoms with Crippen LogP contribution in [0.25, 0.3) is 26.6 Å². The number of hydrogen-bond donors (Lipinski definition) is 1. The number of aliphatic imine (C=N–C) groups is 1. The summed E-state index contributed by atoms with van der Waals surface area (Å²) in [5, 5.41) is 3.87. The van der Waals surface area contributed by atoms with Gasteiger partial charge in [0.05, 0.1) is 28.6 Å². The number of para-hydroxylation sites is 1. The lowest BCUT2D eigenvalue weighted by molar-refractivity contribution is 0.197. The van der Waals surface area contributed by atoms with Crippen molar-refractivity contribution >= 4 is 27.3 Å². The van der Waals surface area contributed by atoms with Crippen LogP contribution >= 0.6 is 11.3 Å². The third kappa shape index (κ3) is 4.30. The van der Waals surface area contributed by atoms with E-state index in [4.69, 9.17) is 9.47 Å². The first-order valence-corrected chi connectivity index (χ1v) is 10.8. The number of aromatic amines is 1. The molecule has 160 valence electrons. The van der Waals surface area contributed by atoms with E-state index >= 15 is 0 Å². The number of fused-ring (bicyclic) bond motifs is 1. The highest BCUT2D eigenvalue weighted by Gasteiger charge is 2.21. The Morgan fingerprint density at radius 3 is 2.65 bits per heavy atom.